The molecule has 0 spiro atoms. The van der Waals surface area contributed by atoms with Crippen molar-refractivity contribution in [3.63, 3.8) is 0 Å². The number of rotatable bonds is 17. The van der Waals surface area contributed by atoms with Crippen LogP contribution in [0.25, 0.3) is 0 Å². The van der Waals surface area contributed by atoms with E-state index in [-0.39, 0.29) is 5.41 Å². The van der Waals surface area contributed by atoms with Gasteiger partial charge in [0.25, 0.3) is 0 Å². The molecule has 0 amide bonds. The van der Waals surface area contributed by atoms with Crippen molar-refractivity contribution in [1.29, 1.82) is 0 Å². The Morgan fingerprint density at radius 3 is 1.54 bits per heavy atom. The highest BCUT2D eigenvalue weighted by atomic mass is 19.4. The van der Waals surface area contributed by atoms with Crippen LogP contribution in [0.4, 0.5) is 13.2 Å². The van der Waals surface area contributed by atoms with Crippen molar-refractivity contribution in [2.75, 3.05) is 0 Å². The van der Waals surface area contributed by atoms with Gasteiger partial charge in [-0.3, -0.25) is 4.79 Å². The highest BCUT2D eigenvalue weighted by Gasteiger charge is 2.54. The molecule has 5 rings (SSSR count). The van der Waals surface area contributed by atoms with Gasteiger partial charge in [-0.05, 0) is 94.1 Å². The lowest BCUT2D eigenvalue weighted by Crippen LogP contribution is -2.49. The van der Waals surface area contributed by atoms with Crippen molar-refractivity contribution >= 4 is 17.9 Å². The molecule has 4 saturated carbocycles. The van der Waals surface area contributed by atoms with E-state index in [1.165, 1.54) is 102 Å². The van der Waals surface area contributed by atoms with E-state index in [0.717, 1.165) is 68.1 Å². The van der Waals surface area contributed by atoms with Gasteiger partial charge in [-0.25, -0.2) is 9.59 Å². The van der Waals surface area contributed by atoms with Gasteiger partial charge < -0.3 is 15.3 Å². The third-order valence-electron chi connectivity index (χ3n) is 9.49. The zero-order chi connectivity index (χ0) is 34.0. The van der Waals surface area contributed by atoms with Crippen LogP contribution in [0.3, 0.4) is 0 Å². The summed E-state index contributed by atoms with van der Waals surface area (Å²) in [5, 5.41) is 26.1. The van der Waals surface area contributed by atoms with Crippen LogP contribution in [-0.4, -0.2) is 33.2 Å². The molecule has 3 N–H and O–H groups in total. The maximum absolute atomic E-state index is 12.1. The van der Waals surface area contributed by atoms with E-state index < -0.39 is 35.2 Å². The number of aromatic carboxylic acids is 1. The lowest BCUT2D eigenvalue weighted by molar-refractivity contribution is -0.164. The number of benzene rings is 1. The predicted octanol–water partition coefficient (Wildman–Crippen LogP) is 10.6. The van der Waals surface area contributed by atoms with Crippen LogP contribution in [0.15, 0.2) is 49.1 Å². The zero-order valence-electron chi connectivity index (χ0n) is 27.1. The van der Waals surface area contributed by atoms with Gasteiger partial charge in [-0.2, -0.15) is 13.2 Å². The molecule has 0 unspecified atom stereocenters. The molecule has 0 aliphatic heterocycles. The van der Waals surface area contributed by atoms with Crippen LogP contribution in [-0.2, 0) is 15.8 Å². The molecule has 0 aromatic heterocycles. The van der Waals surface area contributed by atoms with Crippen LogP contribution >= 0.6 is 0 Å². The smallest absolute Gasteiger partial charge is 0.417 e. The third kappa shape index (κ3) is 14.1. The van der Waals surface area contributed by atoms with Gasteiger partial charge in [0.05, 0.1) is 16.5 Å². The number of carbonyl (C=O) groups is 3. The predicted molar refractivity (Wildman–Crippen MR) is 174 cm³/mol. The highest BCUT2D eigenvalue weighted by molar-refractivity contribution is 5.89. The maximum atomic E-state index is 12.1. The number of aliphatic carboxylic acids is 2. The molecule has 9 heteroatoms. The minimum atomic E-state index is -4.62. The zero-order valence-corrected chi connectivity index (χ0v) is 27.1. The van der Waals surface area contributed by atoms with Gasteiger partial charge in [0, 0.05) is 6.08 Å². The summed E-state index contributed by atoms with van der Waals surface area (Å²) in [7, 11) is 0. The van der Waals surface area contributed by atoms with Gasteiger partial charge in [0.1, 0.15) is 0 Å². The number of hydrogen-bond acceptors (Lipinski definition) is 3. The number of alkyl halides is 3. The summed E-state index contributed by atoms with van der Waals surface area (Å²) < 4.78 is 36.4. The molecule has 1 aromatic rings. The van der Waals surface area contributed by atoms with Crippen LogP contribution in [0.2, 0.25) is 0 Å². The number of unbranched alkanes of at least 4 members (excludes halogenated alkanes) is 12. The second-order valence-corrected chi connectivity index (χ2v) is 13.3. The molecule has 0 radical (unpaired) electrons. The van der Waals surface area contributed by atoms with Crippen molar-refractivity contribution in [2.24, 2.45) is 23.2 Å². The molecule has 4 bridgehead atoms. The summed E-state index contributed by atoms with van der Waals surface area (Å²) in [6.07, 6.45) is 23.9. The van der Waals surface area contributed by atoms with E-state index in [0.29, 0.717) is 0 Å². The monoisotopic (exact) mass is 650 g/mol. The van der Waals surface area contributed by atoms with E-state index in [4.69, 9.17) is 10.2 Å². The maximum Gasteiger partial charge on any atom is 0.417 e. The van der Waals surface area contributed by atoms with Crippen LogP contribution in [0.1, 0.15) is 138 Å². The quantitative estimate of drug-likeness (QED) is 0.0879. The standard InChI is InChI=1S/C18H32O2.C11H16O2.C8H5F3O2/c1-2-3-4-5-6-7-8-9-10-11-12-13-14-15-16-17-18(19)20;12-10(13)11-4-7-1-8(5-11)3-9(2-7)6-11;9-8(10,11)6-4-2-1-3-5(6)7(12)13/h2,16-17H,1,3-15H2,(H,19,20);7-9H,1-6H2,(H,12,13);1-4H,(H,12,13). The Morgan fingerprint density at radius 2 is 1.17 bits per heavy atom. The molecular weight excluding hydrogens is 597 g/mol. The fourth-order valence-electron chi connectivity index (χ4n) is 7.62. The minimum Gasteiger partial charge on any atom is -0.481 e. The topological polar surface area (TPSA) is 112 Å². The van der Waals surface area contributed by atoms with Gasteiger partial charge in [0.2, 0.25) is 0 Å². The number of halogens is 3. The Hall–Kier alpha value is -3.10. The van der Waals surface area contributed by atoms with Crippen LogP contribution < -0.4 is 0 Å². The SMILES string of the molecule is C=CCCCCCCCCCCCCCC=CC(=O)O.O=C(O)C12CC3CC(CC(C3)C1)C2.O=C(O)c1ccccc1C(F)(F)F. The van der Waals surface area contributed by atoms with Crippen LogP contribution in [0.5, 0.6) is 0 Å². The Labute approximate surface area is 272 Å². The summed E-state index contributed by atoms with van der Waals surface area (Å²) in [5.74, 6) is -0.666. The Kier molecular flexibility index (Phi) is 17.2. The molecule has 0 saturated heterocycles. The van der Waals surface area contributed by atoms with Crippen molar-refractivity contribution < 1.29 is 42.9 Å². The molecule has 0 atom stereocenters. The summed E-state index contributed by atoms with van der Waals surface area (Å²) in [6, 6.07) is 4.06. The number of carboxylic acid groups (broad SMARTS) is 3. The average Bonchev–Trinajstić information content (AvgIpc) is 2.98. The van der Waals surface area contributed by atoms with Crippen molar-refractivity contribution in [1.82, 2.24) is 0 Å². The molecule has 258 valence electrons. The van der Waals surface area contributed by atoms with E-state index >= 15 is 0 Å². The molecule has 46 heavy (non-hydrogen) atoms. The molecule has 1 aromatic carbocycles. The largest absolute Gasteiger partial charge is 0.481 e. The van der Waals surface area contributed by atoms with Gasteiger partial charge in [-0.1, -0.05) is 82.1 Å². The Bertz CT molecular complexity index is 1090. The molecule has 6 nitrogen and oxygen atoms in total. The lowest BCUT2D eigenvalue weighted by Gasteiger charge is -2.54. The first-order chi connectivity index (χ1) is 21.9. The van der Waals surface area contributed by atoms with E-state index in [9.17, 15) is 32.7 Å². The number of carboxylic acids is 3. The fourth-order valence-corrected chi connectivity index (χ4v) is 7.62. The lowest BCUT2D eigenvalue weighted by atomic mass is 9.49. The number of hydrogen-bond donors (Lipinski definition) is 3. The second kappa shape index (κ2) is 20.2. The Morgan fingerprint density at radius 1 is 0.739 bits per heavy atom. The first-order valence-electron chi connectivity index (χ1n) is 17.0. The summed E-state index contributed by atoms with van der Waals surface area (Å²) >= 11 is 0. The van der Waals surface area contributed by atoms with E-state index in [1.54, 1.807) is 6.08 Å². The molecule has 4 fully saturated rings. The Balaban J connectivity index is 0.000000247. The van der Waals surface area contributed by atoms with E-state index in [2.05, 4.69) is 6.58 Å². The van der Waals surface area contributed by atoms with Crippen LogP contribution in [0, 0.1) is 23.2 Å². The van der Waals surface area contributed by atoms with Gasteiger partial charge in [-0.15, -0.1) is 6.58 Å². The fraction of sp³-hybridized carbons (Fsp3) is 0.649. The first kappa shape index (κ1) is 39.1. The molecular formula is C37H53F3O6. The van der Waals surface area contributed by atoms with E-state index in [1.807, 2.05) is 6.08 Å². The van der Waals surface area contributed by atoms with Crippen molar-refractivity contribution in [3.05, 3.63) is 60.2 Å². The molecule has 4 aliphatic carbocycles. The summed E-state index contributed by atoms with van der Waals surface area (Å²) in [5.41, 5.74) is -2.13. The normalized spacial score (nSPS) is 22.8. The van der Waals surface area contributed by atoms with Gasteiger partial charge in [0.15, 0.2) is 0 Å². The van der Waals surface area contributed by atoms with Gasteiger partial charge >= 0.3 is 24.1 Å². The molecule has 0 heterocycles. The average molecular weight is 651 g/mol. The first-order valence-corrected chi connectivity index (χ1v) is 17.0. The summed E-state index contributed by atoms with van der Waals surface area (Å²) in [4.78, 5) is 31.9. The molecule has 4 aliphatic rings. The minimum absolute atomic E-state index is 0.283. The number of allylic oxidation sites excluding steroid dienone is 2. The van der Waals surface area contributed by atoms with Crippen molar-refractivity contribution in [2.45, 2.75) is 128 Å². The summed E-state index contributed by atoms with van der Waals surface area (Å²) in [6.45, 7) is 3.74. The van der Waals surface area contributed by atoms with Crippen molar-refractivity contribution in [3.8, 4) is 0 Å². The second-order valence-electron chi connectivity index (χ2n) is 13.3. The highest BCUT2D eigenvalue weighted by Crippen LogP contribution is 2.60. The third-order valence-corrected chi connectivity index (χ3v) is 9.49.